The van der Waals surface area contributed by atoms with Gasteiger partial charge in [-0.3, -0.25) is 4.79 Å². The van der Waals surface area contributed by atoms with Crippen LogP contribution in [0.3, 0.4) is 0 Å². The second-order valence-electron chi connectivity index (χ2n) is 2.38. The van der Waals surface area contributed by atoms with Gasteiger partial charge in [-0.25, -0.2) is 4.11 Å². The van der Waals surface area contributed by atoms with Crippen LogP contribution in [0.4, 0.5) is 4.11 Å². The molecule has 76 valence electrons. The second kappa shape index (κ2) is 5.23. The molecule has 0 atom stereocenters. The average molecular weight is 208 g/mol. The molecule has 0 fully saturated rings. The summed E-state index contributed by atoms with van der Waals surface area (Å²) in [7, 11) is -1.82. The number of Topliss-reactive ketones (excluding diaryl/α,β-unsaturated/α-hetero) is 1. The van der Waals surface area contributed by atoms with Crippen molar-refractivity contribution in [1.29, 1.82) is 0 Å². The van der Waals surface area contributed by atoms with Gasteiger partial charge in [0, 0.05) is 14.2 Å². The van der Waals surface area contributed by atoms with E-state index in [1.54, 1.807) is 0 Å². The van der Waals surface area contributed by atoms with Crippen molar-refractivity contribution in [1.82, 2.24) is 0 Å². The molecule has 0 unspecified atom stereocenters. The quantitative estimate of drug-likeness (QED) is 0.369. The molecule has 0 radical (unpaired) electrons. The molecule has 0 aliphatic carbocycles. The Morgan fingerprint density at radius 1 is 1.46 bits per heavy atom. The van der Waals surface area contributed by atoms with Crippen molar-refractivity contribution in [2.45, 2.75) is 6.92 Å². The molecule has 0 spiro atoms. The maximum Gasteiger partial charge on any atom is 0.720 e. The predicted octanol–water partition coefficient (Wildman–Crippen LogP) is 0.846. The Balaban J connectivity index is 4.00. The fourth-order valence-corrected chi connectivity index (χ4v) is 1.18. The molecule has 0 heterocycles. The SMILES string of the molecule is C=C(C)C(=O)CO[Si](F)(OC)OC. The van der Waals surface area contributed by atoms with Crippen LogP contribution in [0.15, 0.2) is 12.2 Å². The van der Waals surface area contributed by atoms with Gasteiger partial charge in [0.25, 0.3) is 0 Å². The minimum atomic E-state index is -4.07. The molecule has 0 aliphatic heterocycles. The zero-order valence-electron chi connectivity index (χ0n) is 7.93. The zero-order chi connectivity index (χ0) is 10.5. The molecule has 0 aliphatic rings. The fourth-order valence-electron chi connectivity index (χ4n) is 0.476. The van der Waals surface area contributed by atoms with Crippen LogP contribution >= 0.6 is 0 Å². The Morgan fingerprint density at radius 3 is 2.23 bits per heavy atom. The van der Waals surface area contributed by atoms with Crippen molar-refractivity contribution in [3.63, 3.8) is 0 Å². The molecule has 0 amide bonds. The van der Waals surface area contributed by atoms with E-state index in [0.717, 1.165) is 14.2 Å². The molecule has 0 aromatic rings. The van der Waals surface area contributed by atoms with Crippen molar-refractivity contribution >= 4 is 14.9 Å². The van der Waals surface area contributed by atoms with E-state index < -0.39 is 15.7 Å². The van der Waals surface area contributed by atoms with Gasteiger partial charge in [0.05, 0.1) is 0 Å². The number of hydrogen-bond donors (Lipinski definition) is 0. The zero-order valence-corrected chi connectivity index (χ0v) is 8.93. The van der Waals surface area contributed by atoms with Crippen molar-refractivity contribution in [2.24, 2.45) is 0 Å². The van der Waals surface area contributed by atoms with E-state index in [9.17, 15) is 8.90 Å². The van der Waals surface area contributed by atoms with E-state index in [1.807, 2.05) is 0 Å². The lowest BCUT2D eigenvalue weighted by atomic mass is 10.2. The predicted molar refractivity (Wildman–Crippen MR) is 46.7 cm³/mol. The number of carbonyl (C=O) groups is 1. The Morgan fingerprint density at radius 2 is 1.92 bits per heavy atom. The number of carbonyl (C=O) groups excluding carboxylic acids is 1. The monoisotopic (exact) mass is 208 g/mol. The Labute approximate surface area is 77.8 Å². The standard InChI is InChI=1S/C7H13FO4Si/c1-6(2)7(9)5-12-13(8,10-3)11-4/h1,5H2,2-4H3. The van der Waals surface area contributed by atoms with E-state index in [0.29, 0.717) is 5.57 Å². The Hall–Kier alpha value is -0.563. The summed E-state index contributed by atoms with van der Waals surface area (Å²) in [5, 5.41) is 0. The van der Waals surface area contributed by atoms with Gasteiger partial charge < -0.3 is 13.3 Å². The lowest BCUT2D eigenvalue weighted by Gasteiger charge is -2.15. The second-order valence-corrected chi connectivity index (χ2v) is 4.45. The molecular formula is C7H13FO4Si. The lowest BCUT2D eigenvalue weighted by Crippen LogP contribution is -2.40. The molecule has 0 rings (SSSR count). The molecule has 6 heteroatoms. The third kappa shape index (κ3) is 4.27. The van der Waals surface area contributed by atoms with Crippen LogP contribution in [0.25, 0.3) is 0 Å². The van der Waals surface area contributed by atoms with E-state index in [4.69, 9.17) is 0 Å². The van der Waals surface area contributed by atoms with Crippen molar-refractivity contribution in [3.05, 3.63) is 12.2 Å². The van der Waals surface area contributed by atoms with Gasteiger partial charge in [0.15, 0.2) is 5.78 Å². The van der Waals surface area contributed by atoms with E-state index in [1.165, 1.54) is 6.92 Å². The first kappa shape index (κ1) is 12.4. The molecule has 0 N–H and O–H groups in total. The van der Waals surface area contributed by atoms with E-state index in [-0.39, 0.29) is 5.78 Å². The number of rotatable bonds is 6. The highest BCUT2D eigenvalue weighted by molar-refractivity contribution is 6.52. The number of hydrogen-bond acceptors (Lipinski definition) is 4. The third-order valence-corrected chi connectivity index (χ3v) is 2.80. The largest absolute Gasteiger partial charge is 0.720 e. The van der Waals surface area contributed by atoms with Gasteiger partial charge in [-0.1, -0.05) is 6.58 Å². The molecule has 4 nitrogen and oxygen atoms in total. The van der Waals surface area contributed by atoms with Gasteiger partial charge in [0.2, 0.25) is 0 Å². The maximum atomic E-state index is 13.2. The van der Waals surface area contributed by atoms with Crippen LogP contribution in [0.2, 0.25) is 0 Å². The summed E-state index contributed by atoms with van der Waals surface area (Å²) in [5.41, 5.74) is 0.309. The Bertz CT molecular complexity index is 203. The minimum absolute atomic E-state index is 0.309. The van der Waals surface area contributed by atoms with Crippen LogP contribution < -0.4 is 0 Å². The molecule has 0 saturated heterocycles. The molecule has 0 aromatic carbocycles. The first-order valence-corrected chi connectivity index (χ1v) is 5.17. The lowest BCUT2D eigenvalue weighted by molar-refractivity contribution is -0.119. The highest BCUT2D eigenvalue weighted by Gasteiger charge is 2.42. The molecule has 0 saturated carbocycles. The van der Waals surface area contributed by atoms with Gasteiger partial charge in [-0.05, 0) is 12.5 Å². The van der Waals surface area contributed by atoms with Crippen LogP contribution in [0, 0.1) is 0 Å². The maximum absolute atomic E-state index is 13.2. The smallest absolute Gasteiger partial charge is 0.352 e. The summed E-state index contributed by atoms with van der Waals surface area (Å²) in [6.07, 6.45) is 0. The summed E-state index contributed by atoms with van der Waals surface area (Å²) in [4.78, 5) is 10.9. The van der Waals surface area contributed by atoms with Gasteiger partial charge in [0.1, 0.15) is 6.61 Å². The topological polar surface area (TPSA) is 44.8 Å². The molecule has 13 heavy (non-hydrogen) atoms. The van der Waals surface area contributed by atoms with Gasteiger partial charge in [-0.15, -0.1) is 0 Å². The summed E-state index contributed by atoms with van der Waals surface area (Å²) >= 11 is 0. The summed E-state index contributed by atoms with van der Waals surface area (Å²) in [5.74, 6) is -0.372. The average Bonchev–Trinajstić information content (AvgIpc) is 2.13. The third-order valence-electron chi connectivity index (χ3n) is 1.34. The molecule has 0 bridgehead atoms. The number of halogens is 1. The van der Waals surface area contributed by atoms with Crippen molar-refractivity contribution < 1.29 is 22.2 Å². The fraction of sp³-hybridized carbons (Fsp3) is 0.571. The normalized spacial score (nSPS) is 11.4. The number of ketones is 1. The van der Waals surface area contributed by atoms with E-state index in [2.05, 4.69) is 19.9 Å². The minimum Gasteiger partial charge on any atom is -0.352 e. The highest BCUT2D eigenvalue weighted by atomic mass is 28.4. The van der Waals surface area contributed by atoms with Crippen LogP contribution in [0.1, 0.15) is 6.92 Å². The summed E-state index contributed by atoms with van der Waals surface area (Å²) in [6, 6.07) is 0. The summed E-state index contributed by atoms with van der Waals surface area (Å²) in [6.45, 7) is 4.51. The van der Waals surface area contributed by atoms with Crippen LogP contribution in [0.5, 0.6) is 0 Å². The van der Waals surface area contributed by atoms with Crippen molar-refractivity contribution in [2.75, 3.05) is 20.8 Å². The highest BCUT2D eigenvalue weighted by Crippen LogP contribution is 2.08. The first-order chi connectivity index (χ1) is 5.95. The van der Waals surface area contributed by atoms with Crippen molar-refractivity contribution in [3.8, 4) is 0 Å². The summed E-state index contributed by atoms with van der Waals surface area (Å²) < 4.78 is 26.5. The molecule has 0 aromatic heterocycles. The van der Waals surface area contributed by atoms with E-state index >= 15 is 0 Å². The molecular weight excluding hydrogens is 195 g/mol. The van der Waals surface area contributed by atoms with Crippen LogP contribution in [-0.4, -0.2) is 35.7 Å². The van der Waals surface area contributed by atoms with Crippen LogP contribution in [-0.2, 0) is 18.1 Å². The van der Waals surface area contributed by atoms with Gasteiger partial charge >= 0.3 is 9.14 Å². The van der Waals surface area contributed by atoms with Gasteiger partial charge in [-0.2, -0.15) is 0 Å². The Kier molecular flexibility index (Phi) is 5.00. The first-order valence-electron chi connectivity index (χ1n) is 3.57.